The summed E-state index contributed by atoms with van der Waals surface area (Å²) in [6.45, 7) is 0. The number of hydrogen-bond acceptors (Lipinski definition) is 9. The predicted molar refractivity (Wildman–Crippen MR) is 113 cm³/mol. The Hall–Kier alpha value is -2.60. The van der Waals surface area contributed by atoms with E-state index in [1.54, 1.807) is 28.9 Å². The van der Waals surface area contributed by atoms with Gasteiger partial charge in [-0.25, -0.2) is 4.68 Å². The van der Waals surface area contributed by atoms with E-state index in [2.05, 4.69) is 15.2 Å². The van der Waals surface area contributed by atoms with Crippen molar-refractivity contribution in [1.29, 1.82) is 0 Å². The molecule has 0 unspecified atom stereocenters. The van der Waals surface area contributed by atoms with Gasteiger partial charge in [0.1, 0.15) is 0 Å². The average Bonchev–Trinajstić information content (AvgIpc) is 3.34. The molecule has 0 radical (unpaired) electrons. The standard InChI is InChI=1S/C17H10ClN5O3S3/c18-11-4-6-12(7-5-11)22-17(27)29-16(20-22)28-9-14-19-15(21-26-14)10-2-1-3-13(8-10)23(24)25/h1-8H,9H2. The zero-order valence-electron chi connectivity index (χ0n) is 14.4. The van der Waals surface area contributed by atoms with Crippen molar-refractivity contribution in [1.82, 2.24) is 19.9 Å². The molecule has 0 aliphatic carbocycles. The highest BCUT2D eigenvalue weighted by Crippen LogP contribution is 2.28. The smallest absolute Gasteiger partial charge is 0.270 e. The number of halogens is 1. The molecular formula is C17H10ClN5O3S3. The molecule has 0 saturated carbocycles. The summed E-state index contributed by atoms with van der Waals surface area (Å²) in [5, 5.41) is 20.0. The van der Waals surface area contributed by atoms with Crippen molar-refractivity contribution in [3.63, 3.8) is 0 Å². The second kappa shape index (κ2) is 8.41. The fourth-order valence-corrected chi connectivity index (χ4v) is 4.70. The van der Waals surface area contributed by atoms with Crippen LogP contribution in [0.15, 0.2) is 57.4 Å². The number of aromatic nitrogens is 4. The third kappa shape index (κ3) is 4.53. The van der Waals surface area contributed by atoms with Crippen LogP contribution in [-0.2, 0) is 5.75 Å². The summed E-state index contributed by atoms with van der Waals surface area (Å²) in [6, 6.07) is 13.3. The van der Waals surface area contributed by atoms with Crippen LogP contribution in [0, 0.1) is 14.1 Å². The van der Waals surface area contributed by atoms with Gasteiger partial charge in [0.05, 0.1) is 16.4 Å². The minimum absolute atomic E-state index is 0.0317. The van der Waals surface area contributed by atoms with Crippen LogP contribution < -0.4 is 0 Å². The number of nitro benzene ring substituents is 1. The molecule has 0 aliphatic heterocycles. The summed E-state index contributed by atoms with van der Waals surface area (Å²) >= 11 is 14.1. The van der Waals surface area contributed by atoms with E-state index in [9.17, 15) is 10.1 Å². The molecule has 2 heterocycles. The van der Waals surface area contributed by atoms with Gasteiger partial charge in [0.25, 0.3) is 5.69 Å². The Labute approximate surface area is 182 Å². The Morgan fingerprint density at radius 3 is 2.83 bits per heavy atom. The molecule has 0 N–H and O–H groups in total. The van der Waals surface area contributed by atoms with Crippen LogP contribution in [0.25, 0.3) is 17.1 Å². The maximum absolute atomic E-state index is 10.9. The normalized spacial score (nSPS) is 10.9. The first-order valence-corrected chi connectivity index (χ1v) is 10.6. The van der Waals surface area contributed by atoms with Gasteiger partial charge in [-0.15, -0.1) is 5.10 Å². The molecule has 4 rings (SSSR count). The molecule has 146 valence electrons. The van der Waals surface area contributed by atoms with E-state index in [1.165, 1.54) is 35.2 Å². The first kappa shape index (κ1) is 19.7. The third-order valence-electron chi connectivity index (χ3n) is 3.70. The van der Waals surface area contributed by atoms with Gasteiger partial charge in [0.2, 0.25) is 11.7 Å². The molecule has 0 saturated heterocycles. The van der Waals surface area contributed by atoms with Gasteiger partial charge in [-0.1, -0.05) is 52.0 Å². The second-order valence-electron chi connectivity index (χ2n) is 5.63. The van der Waals surface area contributed by atoms with Crippen LogP contribution in [0.2, 0.25) is 5.02 Å². The highest BCUT2D eigenvalue weighted by atomic mass is 35.5. The number of nitro groups is 1. The monoisotopic (exact) mass is 463 g/mol. The zero-order valence-corrected chi connectivity index (χ0v) is 17.6. The predicted octanol–water partition coefficient (Wildman–Crippen LogP) is 5.57. The first-order valence-electron chi connectivity index (χ1n) is 8.06. The summed E-state index contributed by atoms with van der Waals surface area (Å²) in [5.74, 6) is 1.07. The van der Waals surface area contributed by atoms with Gasteiger partial charge in [0, 0.05) is 22.7 Å². The molecule has 0 amide bonds. The topological polar surface area (TPSA) is 99.9 Å². The summed E-state index contributed by atoms with van der Waals surface area (Å²) in [4.78, 5) is 14.7. The lowest BCUT2D eigenvalue weighted by Crippen LogP contribution is -1.95. The van der Waals surface area contributed by atoms with Crippen molar-refractivity contribution in [3.05, 3.63) is 73.5 Å². The van der Waals surface area contributed by atoms with Gasteiger partial charge >= 0.3 is 0 Å². The molecule has 2 aromatic heterocycles. The fraction of sp³-hybridized carbons (Fsp3) is 0.0588. The van der Waals surface area contributed by atoms with E-state index in [0.29, 0.717) is 32.0 Å². The van der Waals surface area contributed by atoms with Crippen molar-refractivity contribution >= 4 is 52.6 Å². The van der Waals surface area contributed by atoms with Crippen LogP contribution in [0.5, 0.6) is 0 Å². The maximum atomic E-state index is 10.9. The van der Waals surface area contributed by atoms with Crippen molar-refractivity contribution < 1.29 is 9.45 Å². The van der Waals surface area contributed by atoms with Crippen LogP contribution in [0.3, 0.4) is 0 Å². The molecule has 0 aliphatic rings. The highest BCUT2D eigenvalue weighted by molar-refractivity contribution is 8.00. The lowest BCUT2D eigenvalue weighted by atomic mass is 10.2. The lowest BCUT2D eigenvalue weighted by Gasteiger charge is -1.99. The molecular weight excluding hydrogens is 454 g/mol. The number of nitrogens with zero attached hydrogens (tertiary/aromatic N) is 5. The number of thioether (sulfide) groups is 1. The van der Waals surface area contributed by atoms with Crippen molar-refractivity contribution in [2.45, 2.75) is 10.1 Å². The number of hydrogen-bond donors (Lipinski definition) is 0. The summed E-state index contributed by atoms with van der Waals surface area (Å²) < 4.78 is 8.28. The Bertz CT molecular complexity index is 1240. The van der Waals surface area contributed by atoms with Crippen molar-refractivity contribution in [2.75, 3.05) is 0 Å². The zero-order chi connectivity index (χ0) is 20.4. The molecule has 0 fully saturated rings. The maximum Gasteiger partial charge on any atom is 0.270 e. The quantitative estimate of drug-likeness (QED) is 0.158. The van der Waals surface area contributed by atoms with E-state index in [0.717, 1.165) is 10.0 Å². The van der Waals surface area contributed by atoms with Gasteiger partial charge in [0.15, 0.2) is 8.29 Å². The van der Waals surface area contributed by atoms with Crippen LogP contribution in [0.1, 0.15) is 5.89 Å². The summed E-state index contributed by atoms with van der Waals surface area (Å²) in [5.41, 5.74) is 1.31. The summed E-state index contributed by atoms with van der Waals surface area (Å²) in [6.07, 6.45) is 0. The van der Waals surface area contributed by atoms with E-state index in [-0.39, 0.29) is 5.69 Å². The molecule has 4 aromatic rings. The first-order chi connectivity index (χ1) is 14.0. The van der Waals surface area contributed by atoms with Crippen LogP contribution in [0.4, 0.5) is 5.69 Å². The van der Waals surface area contributed by atoms with Gasteiger partial charge < -0.3 is 4.52 Å². The number of non-ortho nitro benzene ring substituents is 1. The van der Waals surface area contributed by atoms with E-state index in [1.807, 2.05) is 12.1 Å². The molecule has 0 spiro atoms. The molecule has 12 heteroatoms. The Morgan fingerprint density at radius 2 is 2.07 bits per heavy atom. The molecule has 0 atom stereocenters. The molecule has 0 bridgehead atoms. The lowest BCUT2D eigenvalue weighted by molar-refractivity contribution is -0.384. The van der Waals surface area contributed by atoms with Crippen LogP contribution >= 0.6 is 46.9 Å². The largest absolute Gasteiger partial charge is 0.338 e. The minimum Gasteiger partial charge on any atom is -0.338 e. The van der Waals surface area contributed by atoms with Gasteiger partial charge in [-0.3, -0.25) is 10.1 Å². The second-order valence-corrected chi connectivity index (χ2v) is 8.91. The van der Waals surface area contributed by atoms with Crippen molar-refractivity contribution in [2.24, 2.45) is 0 Å². The number of benzene rings is 2. The van der Waals surface area contributed by atoms with Gasteiger partial charge in [-0.05, 0) is 36.5 Å². The fourth-order valence-electron chi connectivity index (χ4n) is 2.38. The highest BCUT2D eigenvalue weighted by Gasteiger charge is 2.14. The van der Waals surface area contributed by atoms with E-state index < -0.39 is 4.92 Å². The Kier molecular flexibility index (Phi) is 5.72. The number of rotatable bonds is 6. The molecule has 29 heavy (non-hydrogen) atoms. The van der Waals surface area contributed by atoms with E-state index in [4.69, 9.17) is 28.3 Å². The Balaban J connectivity index is 1.47. The molecule has 8 nitrogen and oxygen atoms in total. The summed E-state index contributed by atoms with van der Waals surface area (Å²) in [7, 11) is 0. The SMILES string of the molecule is O=[N+]([O-])c1cccc(-c2noc(CSc3nn(-c4ccc(Cl)cc4)c(=S)s3)n2)c1. The average molecular weight is 464 g/mol. The van der Waals surface area contributed by atoms with Crippen LogP contribution in [-0.4, -0.2) is 24.8 Å². The molecule has 2 aromatic carbocycles. The Morgan fingerprint density at radius 1 is 1.28 bits per heavy atom. The van der Waals surface area contributed by atoms with E-state index >= 15 is 0 Å². The van der Waals surface area contributed by atoms with Gasteiger partial charge in [-0.2, -0.15) is 4.98 Å². The van der Waals surface area contributed by atoms with Crippen molar-refractivity contribution in [3.8, 4) is 17.1 Å². The minimum atomic E-state index is -0.467. The third-order valence-corrected chi connectivity index (χ3v) is 6.30.